The summed E-state index contributed by atoms with van der Waals surface area (Å²) in [6.45, 7) is 5.43. The Morgan fingerprint density at radius 2 is 1.41 bits per heavy atom. The van der Waals surface area contributed by atoms with Gasteiger partial charge in [-0.3, -0.25) is 23.6 Å². The van der Waals surface area contributed by atoms with Crippen molar-refractivity contribution in [2.24, 2.45) is 21.1 Å². The minimum absolute atomic E-state index is 0.241. The third kappa shape index (κ3) is 3.21. The molecule has 0 aliphatic carbocycles. The molecule has 0 saturated carbocycles. The average molecular weight is 370 g/mol. The Bertz CT molecular complexity index is 1040. The van der Waals surface area contributed by atoms with Crippen LogP contribution in [0.4, 0.5) is 11.4 Å². The first-order valence-electron chi connectivity index (χ1n) is 8.34. The zero-order valence-corrected chi connectivity index (χ0v) is 16.2. The highest BCUT2D eigenvalue weighted by atomic mass is 16.2. The minimum Gasteiger partial charge on any atom is -0.318 e. The molecule has 10 heteroatoms. The Hall–Kier alpha value is -3.43. The van der Waals surface area contributed by atoms with Gasteiger partial charge in [0, 0.05) is 26.8 Å². The third-order valence-corrected chi connectivity index (χ3v) is 4.62. The van der Waals surface area contributed by atoms with Crippen LogP contribution in [0.1, 0.15) is 37.9 Å². The van der Waals surface area contributed by atoms with Crippen LogP contribution in [0, 0.1) is 20.8 Å². The minimum atomic E-state index is -0.388. The van der Waals surface area contributed by atoms with Crippen molar-refractivity contribution >= 4 is 23.2 Å². The van der Waals surface area contributed by atoms with Crippen LogP contribution in [-0.2, 0) is 21.1 Å². The number of carbonyl (C=O) groups is 2. The molecule has 0 aliphatic heterocycles. The third-order valence-electron chi connectivity index (χ3n) is 4.62. The molecule has 0 saturated heterocycles. The normalized spacial score (nSPS) is 10.9. The zero-order chi connectivity index (χ0) is 19.9. The highest BCUT2D eigenvalue weighted by Crippen LogP contribution is 2.21. The Balaban J connectivity index is 1.87. The van der Waals surface area contributed by atoms with Gasteiger partial charge in [-0.05, 0) is 20.8 Å². The topological polar surface area (TPSA) is 112 Å². The molecule has 3 aromatic rings. The van der Waals surface area contributed by atoms with E-state index in [0.717, 1.165) is 11.4 Å². The van der Waals surface area contributed by atoms with E-state index in [-0.39, 0.29) is 17.5 Å². The Morgan fingerprint density at radius 1 is 0.815 bits per heavy atom. The molecule has 0 spiro atoms. The lowest BCUT2D eigenvalue weighted by molar-refractivity contribution is 0.101. The highest BCUT2D eigenvalue weighted by Gasteiger charge is 2.23. The number of carbonyl (C=O) groups excluding carboxylic acids is 2. The molecule has 0 aromatic carbocycles. The molecular weight excluding hydrogens is 348 g/mol. The molecule has 0 unspecified atom stereocenters. The van der Waals surface area contributed by atoms with Gasteiger partial charge in [0.1, 0.15) is 5.69 Å². The SMILES string of the molecule is Cc1nn(C)c(C)c1C(=O)Nc1cnn(C)c1C(=O)Nc1cnn(C)c1C. The molecule has 3 aromatic heterocycles. The Morgan fingerprint density at radius 3 is 1.96 bits per heavy atom. The van der Waals surface area contributed by atoms with Gasteiger partial charge in [0.05, 0.1) is 40.7 Å². The molecule has 3 rings (SSSR count). The van der Waals surface area contributed by atoms with Gasteiger partial charge in [0.25, 0.3) is 11.8 Å². The second kappa shape index (κ2) is 6.71. The number of aromatic nitrogens is 6. The number of rotatable bonds is 4. The van der Waals surface area contributed by atoms with Gasteiger partial charge >= 0.3 is 0 Å². The number of hydrogen-bond donors (Lipinski definition) is 2. The van der Waals surface area contributed by atoms with Gasteiger partial charge < -0.3 is 10.6 Å². The van der Waals surface area contributed by atoms with Gasteiger partial charge in [-0.1, -0.05) is 0 Å². The number of anilines is 2. The number of amides is 2. The Kier molecular flexibility index (Phi) is 4.56. The van der Waals surface area contributed by atoms with Crippen molar-refractivity contribution in [3.8, 4) is 0 Å². The predicted molar refractivity (Wildman–Crippen MR) is 99.7 cm³/mol. The van der Waals surface area contributed by atoms with E-state index in [0.29, 0.717) is 22.6 Å². The molecule has 0 fully saturated rings. The van der Waals surface area contributed by atoms with Crippen LogP contribution in [0.25, 0.3) is 0 Å². The van der Waals surface area contributed by atoms with Crippen LogP contribution in [-0.4, -0.2) is 41.2 Å². The van der Waals surface area contributed by atoms with E-state index in [1.807, 2.05) is 13.8 Å². The van der Waals surface area contributed by atoms with E-state index in [9.17, 15) is 9.59 Å². The maximum absolute atomic E-state index is 12.8. The zero-order valence-electron chi connectivity index (χ0n) is 16.2. The second-order valence-corrected chi connectivity index (χ2v) is 6.38. The lowest BCUT2D eigenvalue weighted by Crippen LogP contribution is -2.21. The summed E-state index contributed by atoms with van der Waals surface area (Å²) in [6.07, 6.45) is 3.02. The van der Waals surface area contributed by atoms with Gasteiger partial charge in [0.2, 0.25) is 0 Å². The molecule has 0 bridgehead atoms. The molecule has 142 valence electrons. The van der Waals surface area contributed by atoms with Gasteiger partial charge in [0.15, 0.2) is 0 Å². The molecule has 0 aliphatic rings. The van der Waals surface area contributed by atoms with Crippen LogP contribution in [0.3, 0.4) is 0 Å². The van der Waals surface area contributed by atoms with E-state index in [2.05, 4.69) is 25.9 Å². The number of hydrogen-bond acceptors (Lipinski definition) is 5. The molecule has 3 heterocycles. The van der Waals surface area contributed by atoms with E-state index < -0.39 is 0 Å². The van der Waals surface area contributed by atoms with Crippen molar-refractivity contribution in [1.29, 1.82) is 0 Å². The van der Waals surface area contributed by atoms with Gasteiger partial charge in [-0.2, -0.15) is 15.3 Å². The van der Waals surface area contributed by atoms with E-state index in [4.69, 9.17) is 0 Å². The van der Waals surface area contributed by atoms with Crippen molar-refractivity contribution in [2.45, 2.75) is 20.8 Å². The first kappa shape index (κ1) is 18.4. The molecule has 27 heavy (non-hydrogen) atoms. The largest absolute Gasteiger partial charge is 0.318 e. The summed E-state index contributed by atoms with van der Waals surface area (Å²) < 4.78 is 4.72. The fourth-order valence-electron chi connectivity index (χ4n) is 2.89. The van der Waals surface area contributed by atoms with E-state index in [1.165, 1.54) is 10.9 Å². The van der Waals surface area contributed by atoms with Crippen molar-refractivity contribution in [3.05, 3.63) is 40.7 Å². The molecule has 2 amide bonds. The Labute approximate surface area is 156 Å². The van der Waals surface area contributed by atoms with Crippen LogP contribution in [0.2, 0.25) is 0 Å². The van der Waals surface area contributed by atoms with Gasteiger partial charge in [-0.25, -0.2) is 0 Å². The summed E-state index contributed by atoms with van der Waals surface area (Å²) in [6, 6.07) is 0. The quantitative estimate of drug-likeness (QED) is 0.719. The fourth-order valence-corrected chi connectivity index (χ4v) is 2.89. The number of aryl methyl sites for hydroxylation is 4. The first-order valence-corrected chi connectivity index (χ1v) is 8.34. The lowest BCUT2D eigenvalue weighted by Gasteiger charge is -2.09. The summed E-state index contributed by atoms with van der Waals surface area (Å²) in [5.74, 6) is -0.723. The summed E-state index contributed by atoms with van der Waals surface area (Å²) in [5, 5.41) is 18.0. The van der Waals surface area contributed by atoms with E-state index in [1.54, 1.807) is 43.6 Å². The predicted octanol–water partition coefficient (Wildman–Crippen LogP) is 1.32. The second-order valence-electron chi connectivity index (χ2n) is 6.38. The summed E-state index contributed by atoms with van der Waals surface area (Å²) >= 11 is 0. The van der Waals surface area contributed by atoms with Gasteiger partial charge in [-0.15, -0.1) is 0 Å². The summed E-state index contributed by atoms with van der Waals surface area (Å²) in [5.41, 5.74) is 3.82. The van der Waals surface area contributed by atoms with E-state index >= 15 is 0 Å². The number of nitrogens with one attached hydrogen (secondary N) is 2. The lowest BCUT2D eigenvalue weighted by atomic mass is 10.2. The molecule has 0 atom stereocenters. The maximum Gasteiger partial charge on any atom is 0.276 e. The van der Waals surface area contributed by atoms with Crippen LogP contribution in [0.15, 0.2) is 12.4 Å². The standard InChI is InChI=1S/C17H22N8O2/c1-9-14(11(3)24(5)22-9)16(26)21-13-8-19-25(6)15(13)17(27)20-12-7-18-23(4)10(12)2/h7-8H,1-6H3,(H,20,27)(H,21,26). The smallest absolute Gasteiger partial charge is 0.276 e. The van der Waals surface area contributed by atoms with Crippen LogP contribution < -0.4 is 10.6 Å². The fraction of sp³-hybridized carbons (Fsp3) is 0.353. The molecule has 0 radical (unpaired) electrons. The first-order chi connectivity index (χ1) is 12.7. The van der Waals surface area contributed by atoms with Crippen molar-refractivity contribution in [1.82, 2.24) is 29.3 Å². The van der Waals surface area contributed by atoms with Crippen LogP contribution >= 0.6 is 0 Å². The molecule has 2 N–H and O–H groups in total. The van der Waals surface area contributed by atoms with Crippen LogP contribution in [0.5, 0.6) is 0 Å². The van der Waals surface area contributed by atoms with Crippen molar-refractivity contribution in [2.75, 3.05) is 10.6 Å². The monoisotopic (exact) mass is 370 g/mol. The number of nitrogens with zero attached hydrogens (tertiary/aromatic N) is 6. The average Bonchev–Trinajstić information content (AvgIpc) is 3.19. The maximum atomic E-state index is 12.8. The highest BCUT2D eigenvalue weighted by molar-refractivity contribution is 6.12. The van der Waals surface area contributed by atoms with Crippen molar-refractivity contribution in [3.63, 3.8) is 0 Å². The van der Waals surface area contributed by atoms with Crippen molar-refractivity contribution < 1.29 is 9.59 Å². The summed E-state index contributed by atoms with van der Waals surface area (Å²) in [7, 11) is 5.21. The molecule has 10 nitrogen and oxygen atoms in total. The summed E-state index contributed by atoms with van der Waals surface area (Å²) in [4.78, 5) is 25.5. The molecular formula is C17H22N8O2.